The summed E-state index contributed by atoms with van der Waals surface area (Å²) in [6.07, 6.45) is 1.11. The molecule has 5 aromatic rings. The number of benzene rings is 1. The van der Waals surface area contributed by atoms with E-state index in [4.69, 9.17) is 11.6 Å². The summed E-state index contributed by atoms with van der Waals surface area (Å²) in [6.45, 7) is 3.05. The fourth-order valence-electron chi connectivity index (χ4n) is 3.97. The maximum atomic E-state index is 14.3. The lowest BCUT2D eigenvalue weighted by molar-refractivity contribution is -0.143. The number of hydrogen-bond donors (Lipinski definition) is 2. The zero-order chi connectivity index (χ0) is 27.2. The monoisotopic (exact) mass is 542 g/mol. The highest BCUT2D eigenvalue weighted by Gasteiger charge is 2.41. The van der Waals surface area contributed by atoms with Crippen LogP contribution in [0, 0.1) is 0 Å². The number of anilines is 1. The van der Waals surface area contributed by atoms with Gasteiger partial charge < -0.3 is 10.4 Å². The Kier molecular flexibility index (Phi) is 6.12. The van der Waals surface area contributed by atoms with Crippen molar-refractivity contribution in [3.05, 3.63) is 83.3 Å². The van der Waals surface area contributed by atoms with Crippen LogP contribution in [0.2, 0.25) is 5.02 Å². The zero-order valence-corrected chi connectivity index (χ0v) is 20.5. The lowest BCUT2D eigenvalue weighted by Crippen LogP contribution is -2.22. The second-order valence-electron chi connectivity index (χ2n) is 8.72. The number of hydrogen-bond acceptors (Lipinski definition) is 7. The van der Waals surface area contributed by atoms with Crippen LogP contribution >= 0.6 is 11.6 Å². The van der Waals surface area contributed by atoms with Crippen LogP contribution in [-0.4, -0.2) is 45.8 Å². The molecule has 0 aliphatic rings. The van der Waals surface area contributed by atoms with Gasteiger partial charge >= 0.3 is 6.18 Å². The van der Waals surface area contributed by atoms with Crippen molar-refractivity contribution in [1.82, 2.24) is 34.7 Å². The van der Waals surface area contributed by atoms with Crippen molar-refractivity contribution in [3.63, 3.8) is 0 Å². The van der Waals surface area contributed by atoms with Crippen LogP contribution in [0.25, 0.3) is 22.3 Å². The molecule has 4 heterocycles. The number of carbonyl (C=O) groups excluding carboxylic acids is 1. The molecule has 5 rings (SSSR count). The van der Waals surface area contributed by atoms with Crippen LogP contribution in [0.1, 0.15) is 35.6 Å². The van der Waals surface area contributed by atoms with E-state index in [0.717, 1.165) is 11.0 Å². The van der Waals surface area contributed by atoms with Gasteiger partial charge in [-0.1, -0.05) is 35.9 Å². The van der Waals surface area contributed by atoms with Gasteiger partial charge in [-0.15, -0.1) is 4.80 Å². The van der Waals surface area contributed by atoms with Crippen molar-refractivity contribution in [2.75, 3.05) is 5.32 Å². The molecule has 10 nitrogen and oxygen atoms in total. The normalized spacial score (nSPS) is 12.2. The molecule has 0 saturated carbocycles. The van der Waals surface area contributed by atoms with Crippen LogP contribution in [0.3, 0.4) is 0 Å². The van der Waals surface area contributed by atoms with Crippen LogP contribution in [0.4, 0.5) is 18.9 Å². The number of rotatable bonds is 5. The fourth-order valence-corrected chi connectivity index (χ4v) is 4.22. The Bertz CT molecular complexity index is 1660. The summed E-state index contributed by atoms with van der Waals surface area (Å²) in [5.74, 6) is -0.899. The van der Waals surface area contributed by atoms with Crippen LogP contribution in [0.5, 0.6) is 0 Å². The van der Waals surface area contributed by atoms with Crippen molar-refractivity contribution < 1.29 is 23.1 Å². The summed E-state index contributed by atoms with van der Waals surface area (Å²) in [5.41, 5.74) is -3.04. The third-order valence-corrected chi connectivity index (χ3v) is 5.83. The molecule has 0 aliphatic heterocycles. The molecule has 38 heavy (non-hydrogen) atoms. The Morgan fingerprint density at radius 1 is 1.00 bits per heavy atom. The van der Waals surface area contributed by atoms with Gasteiger partial charge in [-0.2, -0.15) is 28.5 Å². The molecule has 14 heteroatoms. The second kappa shape index (κ2) is 9.19. The van der Waals surface area contributed by atoms with E-state index in [2.05, 4.69) is 30.6 Å². The topological polar surface area (TPSA) is 124 Å². The first-order valence-electron chi connectivity index (χ1n) is 11.0. The van der Waals surface area contributed by atoms with Crippen LogP contribution < -0.4 is 5.32 Å². The van der Waals surface area contributed by atoms with E-state index in [0.29, 0.717) is 15.5 Å². The smallest absolute Gasteiger partial charge is 0.384 e. The number of alkyl halides is 3. The van der Waals surface area contributed by atoms with Gasteiger partial charge in [0, 0.05) is 10.8 Å². The summed E-state index contributed by atoms with van der Waals surface area (Å²) in [5, 5.41) is 25.5. The summed E-state index contributed by atoms with van der Waals surface area (Å²) in [4.78, 5) is 22.4. The highest BCUT2D eigenvalue weighted by Crippen LogP contribution is 2.37. The molecular weight excluding hydrogens is 525 g/mol. The predicted octanol–water partition coefficient (Wildman–Crippen LogP) is 4.55. The first-order valence-corrected chi connectivity index (χ1v) is 11.4. The third kappa shape index (κ3) is 4.57. The van der Waals surface area contributed by atoms with Crippen molar-refractivity contribution >= 4 is 34.0 Å². The van der Waals surface area contributed by atoms with Gasteiger partial charge in [0.1, 0.15) is 5.60 Å². The van der Waals surface area contributed by atoms with Crippen molar-refractivity contribution in [2.24, 2.45) is 0 Å². The first kappa shape index (κ1) is 25.3. The number of aliphatic hydroxyl groups is 1. The Labute approximate surface area is 217 Å². The number of fused-ring (bicyclic) bond motifs is 1. The molecule has 1 amide bonds. The standard InChI is InChI=1S/C24H18ClF3N8O2/c1-23(2,38)19-15-6-4-3-5-14(15)18(12-29-19)35-20(24(26,27)28)16(11-33-35)22(37)34-13-9-17(25)21(30-10-13)36-31-7-8-32-36/h3-12,38H,1-2H3,(H,34,37). The van der Waals surface area contributed by atoms with Crippen LogP contribution in [0.15, 0.2) is 61.3 Å². The first-order chi connectivity index (χ1) is 17.9. The minimum atomic E-state index is -4.95. The number of aromatic nitrogens is 7. The number of amides is 1. The fraction of sp³-hybridized carbons (Fsp3) is 0.167. The number of nitrogens with one attached hydrogen (secondary N) is 1. The van der Waals surface area contributed by atoms with Crippen LogP contribution in [-0.2, 0) is 11.8 Å². The maximum Gasteiger partial charge on any atom is 0.434 e. The predicted molar refractivity (Wildman–Crippen MR) is 131 cm³/mol. The number of halogens is 4. The van der Waals surface area contributed by atoms with Crippen molar-refractivity contribution in [2.45, 2.75) is 25.6 Å². The lowest BCUT2D eigenvalue weighted by atomic mass is 9.97. The van der Waals surface area contributed by atoms with Crippen molar-refractivity contribution in [3.8, 4) is 11.5 Å². The Morgan fingerprint density at radius 3 is 2.32 bits per heavy atom. The van der Waals surface area contributed by atoms with E-state index in [-0.39, 0.29) is 27.9 Å². The molecule has 0 aliphatic carbocycles. The summed E-state index contributed by atoms with van der Waals surface area (Å²) in [6, 6.07) is 7.87. The highest BCUT2D eigenvalue weighted by atomic mass is 35.5. The van der Waals surface area contributed by atoms with E-state index in [9.17, 15) is 23.1 Å². The molecule has 194 valence electrons. The number of nitrogens with zero attached hydrogens (tertiary/aromatic N) is 7. The molecular formula is C24H18ClF3N8O2. The number of pyridine rings is 2. The largest absolute Gasteiger partial charge is 0.434 e. The lowest BCUT2D eigenvalue weighted by Gasteiger charge is -2.21. The Hall–Kier alpha value is -4.36. The Morgan fingerprint density at radius 2 is 1.68 bits per heavy atom. The molecule has 2 N–H and O–H groups in total. The highest BCUT2D eigenvalue weighted by molar-refractivity contribution is 6.32. The summed E-state index contributed by atoms with van der Waals surface area (Å²) >= 11 is 6.20. The van der Waals surface area contributed by atoms with E-state index < -0.39 is 28.9 Å². The quantitative estimate of drug-likeness (QED) is 0.334. The summed E-state index contributed by atoms with van der Waals surface area (Å²) < 4.78 is 43.6. The molecule has 0 spiro atoms. The summed E-state index contributed by atoms with van der Waals surface area (Å²) in [7, 11) is 0. The molecule has 0 atom stereocenters. The molecule has 4 aromatic heterocycles. The molecule has 0 radical (unpaired) electrons. The maximum absolute atomic E-state index is 14.3. The van der Waals surface area contributed by atoms with E-state index in [1.165, 1.54) is 44.7 Å². The van der Waals surface area contributed by atoms with E-state index >= 15 is 0 Å². The van der Waals surface area contributed by atoms with E-state index in [1.54, 1.807) is 24.3 Å². The zero-order valence-electron chi connectivity index (χ0n) is 19.8. The minimum absolute atomic E-state index is 0.0132. The third-order valence-electron chi connectivity index (χ3n) is 5.55. The second-order valence-corrected chi connectivity index (χ2v) is 9.12. The number of carbonyl (C=O) groups is 1. The molecule has 0 saturated heterocycles. The van der Waals surface area contributed by atoms with E-state index in [1.807, 2.05) is 0 Å². The van der Waals surface area contributed by atoms with Gasteiger partial charge in [0.15, 0.2) is 11.5 Å². The molecule has 0 bridgehead atoms. The Balaban J connectivity index is 1.56. The molecule has 0 fully saturated rings. The minimum Gasteiger partial charge on any atom is -0.384 e. The molecule has 0 unspecified atom stereocenters. The average Bonchev–Trinajstić information content (AvgIpc) is 3.53. The molecule has 1 aromatic carbocycles. The van der Waals surface area contributed by atoms with Gasteiger partial charge in [-0.05, 0) is 19.9 Å². The van der Waals surface area contributed by atoms with Crippen molar-refractivity contribution in [1.29, 1.82) is 0 Å². The van der Waals surface area contributed by atoms with Gasteiger partial charge in [0.05, 0.1) is 58.6 Å². The average molecular weight is 543 g/mol. The SMILES string of the molecule is CC(C)(O)c1ncc(-n2ncc(C(=O)Nc3cnc(-n4nccn4)c(Cl)c3)c2C(F)(F)F)c2ccccc12. The van der Waals surface area contributed by atoms with Gasteiger partial charge in [-0.3, -0.25) is 9.78 Å². The van der Waals surface area contributed by atoms with Gasteiger partial charge in [-0.25, -0.2) is 9.67 Å². The van der Waals surface area contributed by atoms with Gasteiger partial charge in [0.2, 0.25) is 0 Å². The van der Waals surface area contributed by atoms with Gasteiger partial charge in [0.25, 0.3) is 5.91 Å².